The van der Waals surface area contributed by atoms with E-state index in [1.54, 1.807) is 36.5 Å². The Labute approximate surface area is 168 Å². The highest BCUT2D eigenvalue weighted by Crippen LogP contribution is 2.32. The quantitative estimate of drug-likeness (QED) is 0.649. The Morgan fingerprint density at radius 1 is 1.17 bits per heavy atom. The molecule has 3 aromatic rings. The van der Waals surface area contributed by atoms with E-state index in [9.17, 15) is 14.3 Å². The molecular weight excluding hydrogens is 371 g/mol. The smallest absolute Gasteiger partial charge is 0.335 e. The first-order valence-corrected chi connectivity index (χ1v) is 9.84. The van der Waals surface area contributed by atoms with E-state index in [2.05, 4.69) is 9.88 Å². The van der Waals surface area contributed by atoms with Gasteiger partial charge in [-0.25, -0.2) is 14.2 Å². The van der Waals surface area contributed by atoms with Crippen molar-refractivity contribution in [1.82, 2.24) is 9.88 Å². The van der Waals surface area contributed by atoms with E-state index in [-0.39, 0.29) is 11.9 Å². The van der Waals surface area contributed by atoms with E-state index in [1.807, 2.05) is 6.07 Å². The molecule has 1 aliphatic rings. The molecule has 1 fully saturated rings. The Balaban J connectivity index is 1.49. The van der Waals surface area contributed by atoms with Crippen LogP contribution in [0.25, 0.3) is 0 Å². The fourth-order valence-electron chi connectivity index (χ4n) is 3.86. The zero-order valence-electron chi connectivity index (χ0n) is 16.1. The Bertz CT molecular complexity index is 984. The van der Waals surface area contributed by atoms with Crippen LogP contribution in [0.1, 0.15) is 58.4 Å². The summed E-state index contributed by atoms with van der Waals surface area (Å²) in [5.41, 5.74) is 2.24. The van der Waals surface area contributed by atoms with Crippen LogP contribution in [0, 0.1) is 5.82 Å². The third-order valence-electron chi connectivity index (χ3n) is 5.32. The Hall–Kier alpha value is -2.99. The Morgan fingerprint density at radius 3 is 2.79 bits per heavy atom. The lowest BCUT2D eigenvalue weighted by Gasteiger charge is -2.33. The van der Waals surface area contributed by atoms with Crippen molar-refractivity contribution in [3.8, 4) is 0 Å². The van der Waals surface area contributed by atoms with Gasteiger partial charge in [-0.1, -0.05) is 30.7 Å². The monoisotopic (exact) mass is 394 g/mol. The van der Waals surface area contributed by atoms with Gasteiger partial charge in [-0.3, -0.25) is 4.90 Å². The largest absolute Gasteiger partial charge is 0.478 e. The van der Waals surface area contributed by atoms with E-state index < -0.39 is 5.97 Å². The standard InChI is InChI=1S/C23H23FN2O3/c24-19-9-7-16(8-10-19)13-20-14-25-22(29-20)21-6-1-2-11-26(21)15-17-4-3-5-18(12-17)23(27)28/h3-5,7-10,12,14,21H,1-2,6,11,13,15H2,(H,27,28)/t21-/m0/s1. The number of halogens is 1. The number of hydrogen-bond donors (Lipinski definition) is 1. The summed E-state index contributed by atoms with van der Waals surface area (Å²) >= 11 is 0. The molecule has 1 atom stereocenters. The molecule has 2 aromatic carbocycles. The third kappa shape index (κ3) is 4.71. The molecule has 1 saturated heterocycles. The number of carboxylic acid groups (broad SMARTS) is 1. The van der Waals surface area contributed by atoms with Gasteiger partial charge in [-0.15, -0.1) is 0 Å². The number of likely N-dealkylation sites (tertiary alicyclic amines) is 1. The molecule has 150 valence electrons. The summed E-state index contributed by atoms with van der Waals surface area (Å²) < 4.78 is 19.1. The number of benzene rings is 2. The number of aromatic carboxylic acids is 1. The van der Waals surface area contributed by atoms with Gasteiger partial charge < -0.3 is 9.52 Å². The number of oxazole rings is 1. The maximum absolute atomic E-state index is 13.1. The van der Waals surface area contributed by atoms with Gasteiger partial charge >= 0.3 is 5.97 Å². The van der Waals surface area contributed by atoms with Crippen molar-refractivity contribution < 1.29 is 18.7 Å². The fraction of sp³-hybridized carbons (Fsp3) is 0.304. The molecule has 1 aliphatic heterocycles. The number of carbonyl (C=O) groups is 1. The highest BCUT2D eigenvalue weighted by molar-refractivity contribution is 5.87. The van der Waals surface area contributed by atoms with Gasteiger partial charge in [0.15, 0.2) is 0 Å². The first-order chi connectivity index (χ1) is 14.1. The van der Waals surface area contributed by atoms with E-state index >= 15 is 0 Å². The Kier molecular flexibility index (Phi) is 5.71. The summed E-state index contributed by atoms with van der Waals surface area (Å²) in [5.74, 6) is 0.276. The van der Waals surface area contributed by atoms with Crippen LogP contribution in [0.3, 0.4) is 0 Å². The van der Waals surface area contributed by atoms with Crippen LogP contribution < -0.4 is 0 Å². The lowest BCUT2D eigenvalue weighted by Crippen LogP contribution is -2.33. The zero-order chi connectivity index (χ0) is 20.2. The Morgan fingerprint density at radius 2 is 2.00 bits per heavy atom. The van der Waals surface area contributed by atoms with Crippen molar-refractivity contribution >= 4 is 5.97 Å². The second kappa shape index (κ2) is 8.57. The lowest BCUT2D eigenvalue weighted by atomic mass is 10.0. The van der Waals surface area contributed by atoms with Crippen LogP contribution >= 0.6 is 0 Å². The molecule has 0 spiro atoms. The summed E-state index contributed by atoms with van der Waals surface area (Å²) in [6.07, 6.45) is 5.47. The molecule has 29 heavy (non-hydrogen) atoms. The summed E-state index contributed by atoms with van der Waals surface area (Å²) in [7, 11) is 0. The number of nitrogens with zero attached hydrogens (tertiary/aromatic N) is 2. The summed E-state index contributed by atoms with van der Waals surface area (Å²) in [4.78, 5) is 18.1. The molecule has 5 nitrogen and oxygen atoms in total. The maximum Gasteiger partial charge on any atom is 0.335 e. The predicted octanol–water partition coefficient (Wildman–Crippen LogP) is 4.83. The number of hydrogen-bond acceptors (Lipinski definition) is 4. The second-order valence-corrected chi connectivity index (χ2v) is 7.46. The van der Waals surface area contributed by atoms with Crippen LogP contribution in [0.4, 0.5) is 4.39 Å². The van der Waals surface area contributed by atoms with Crippen molar-refractivity contribution in [2.24, 2.45) is 0 Å². The zero-order valence-corrected chi connectivity index (χ0v) is 16.1. The van der Waals surface area contributed by atoms with Crippen LogP contribution in [-0.2, 0) is 13.0 Å². The minimum Gasteiger partial charge on any atom is -0.478 e. The molecule has 0 unspecified atom stereocenters. The maximum atomic E-state index is 13.1. The van der Waals surface area contributed by atoms with Crippen molar-refractivity contribution in [3.63, 3.8) is 0 Å². The number of piperidine rings is 1. The minimum absolute atomic E-state index is 0.0687. The van der Waals surface area contributed by atoms with Crippen LogP contribution in [0.2, 0.25) is 0 Å². The van der Waals surface area contributed by atoms with Crippen LogP contribution in [0.5, 0.6) is 0 Å². The van der Waals surface area contributed by atoms with Crippen molar-refractivity contribution in [3.05, 3.63) is 88.9 Å². The summed E-state index contributed by atoms with van der Waals surface area (Å²) in [6.45, 7) is 1.57. The van der Waals surface area contributed by atoms with Crippen LogP contribution in [-0.4, -0.2) is 27.5 Å². The summed E-state index contributed by atoms with van der Waals surface area (Å²) in [6, 6.07) is 13.5. The SMILES string of the molecule is O=C(O)c1cccc(CN2CCCC[C@H]2c2ncc(Cc3ccc(F)cc3)o2)c1. The first kappa shape index (κ1) is 19.3. The summed E-state index contributed by atoms with van der Waals surface area (Å²) in [5, 5.41) is 9.22. The number of aromatic nitrogens is 1. The predicted molar refractivity (Wildman–Crippen MR) is 106 cm³/mol. The van der Waals surface area contributed by atoms with Crippen molar-refractivity contribution in [2.45, 2.75) is 38.3 Å². The average Bonchev–Trinajstić information content (AvgIpc) is 3.19. The normalized spacial score (nSPS) is 17.3. The van der Waals surface area contributed by atoms with Gasteiger partial charge in [-0.2, -0.15) is 0 Å². The molecule has 4 rings (SSSR count). The van der Waals surface area contributed by atoms with Gasteiger partial charge in [0.1, 0.15) is 11.6 Å². The average molecular weight is 394 g/mol. The van der Waals surface area contributed by atoms with E-state index in [0.29, 0.717) is 24.4 Å². The molecule has 0 saturated carbocycles. The van der Waals surface area contributed by atoms with E-state index in [0.717, 1.165) is 42.7 Å². The van der Waals surface area contributed by atoms with Gasteiger partial charge in [-0.05, 0) is 54.8 Å². The second-order valence-electron chi connectivity index (χ2n) is 7.46. The van der Waals surface area contributed by atoms with Gasteiger partial charge in [0.2, 0.25) is 5.89 Å². The highest BCUT2D eigenvalue weighted by atomic mass is 19.1. The molecular formula is C23H23FN2O3. The van der Waals surface area contributed by atoms with E-state index in [4.69, 9.17) is 4.42 Å². The minimum atomic E-state index is -0.916. The third-order valence-corrected chi connectivity index (χ3v) is 5.32. The van der Waals surface area contributed by atoms with Gasteiger partial charge in [0.25, 0.3) is 0 Å². The molecule has 1 aromatic heterocycles. The molecule has 0 amide bonds. The van der Waals surface area contributed by atoms with Gasteiger partial charge in [0, 0.05) is 13.0 Å². The fourth-order valence-corrected chi connectivity index (χ4v) is 3.86. The van der Waals surface area contributed by atoms with Crippen LogP contribution in [0.15, 0.2) is 59.1 Å². The van der Waals surface area contributed by atoms with Crippen molar-refractivity contribution in [2.75, 3.05) is 6.54 Å². The highest BCUT2D eigenvalue weighted by Gasteiger charge is 2.28. The number of carboxylic acids is 1. The molecule has 0 radical (unpaired) electrons. The molecule has 0 bridgehead atoms. The topological polar surface area (TPSA) is 66.6 Å². The molecule has 0 aliphatic carbocycles. The number of rotatable bonds is 6. The van der Waals surface area contributed by atoms with Gasteiger partial charge in [0.05, 0.1) is 17.8 Å². The van der Waals surface area contributed by atoms with Crippen molar-refractivity contribution in [1.29, 1.82) is 0 Å². The lowest BCUT2D eigenvalue weighted by molar-refractivity contribution is 0.0696. The molecule has 2 heterocycles. The molecule has 1 N–H and O–H groups in total. The van der Waals surface area contributed by atoms with E-state index in [1.165, 1.54) is 12.1 Å². The first-order valence-electron chi connectivity index (χ1n) is 9.84. The molecule has 6 heteroatoms.